The monoisotopic (exact) mass is 765 g/mol. The van der Waals surface area contributed by atoms with Gasteiger partial charge in [-0.25, -0.2) is 0 Å². The molecular weight excluding hydrogens is 673 g/mol. The summed E-state index contributed by atoms with van der Waals surface area (Å²) in [7, 11) is 0. The van der Waals surface area contributed by atoms with E-state index in [9.17, 15) is 14.4 Å². The predicted octanol–water partition coefficient (Wildman–Crippen LogP) is 15.1. The maximum atomic E-state index is 12.7. The molecule has 0 saturated carbocycles. The molecule has 0 radical (unpaired) electrons. The molecule has 6 nitrogen and oxygen atoms in total. The van der Waals surface area contributed by atoms with Crippen molar-refractivity contribution in [2.75, 3.05) is 13.2 Å². The third kappa shape index (κ3) is 41.6. The summed E-state index contributed by atoms with van der Waals surface area (Å²) in [6, 6.07) is 0. The van der Waals surface area contributed by atoms with Crippen molar-refractivity contribution in [1.29, 1.82) is 0 Å². The Morgan fingerprint density at radius 3 is 0.907 bits per heavy atom. The van der Waals surface area contributed by atoms with Crippen LogP contribution < -0.4 is 0 Å². The van der Waals surface area contributed by atoms with Crippen LogP contribution in [0.15, 0.2) is 0 Å². The van der Waals surface area contributed by atoms with Gasteiger partial charge in [-0.3, -0.25) is 14.4 Å². The molecule has 320 valence electrons. The van der Waals surface area contributed by atoms with E-state index in [0.717, 1.165) is 63.7 Å². The highest BCUT2D eigenvalue weighted by Gasteiger charge is 2.19. The highest BCUT2D eigenvalue weighted by molar-refractivity contribution is 5.71. The Labute approximate surface area is 336 Å². The van der Waals surface area contributed by atoms with E-state index in [1.54, 1.807) is 0 Å². The maximum absolute atomic E-state index is 12.7. The van der Waals surface area contributed by atoms with Crippen LogP contribution in [0.5, 0.6) is 0 Å². The topological polar surface area (TPSA) is 78.9 Å². The Balaban J connectivity index is 4.28. The van der Waals surface area contributed by atoms with E-state index in [1.807, 2.05) is 0 Å². The van der Waals surface area contributed by atoms with Crippen molar-refractivity contribution >= 4 is 17.9 Å². The molecule has 0 bridgehead atoms. The van der Waals surface area contributed by atoms with Crippen molar-refractivity contribution in [3.63, 3.8) is 0 Å². The Morgan fingerprint density at radius 1 is 0.352 bits per heavy atom. The highest BCUT2D eigenvalue weighted by atomic mass is 16.6. The van der Waals surface area contributed by atoms with E-state index in [4.69, 9.17) is 14.2 Å². The van der Waals surface area contributed by atoms with Crippen LogP contribution in [-0.4, -0.2) is 37.2 Å². The number of ether oxygens (including phenoxy) is 3. The van der Waals surface area contributed by atoms with Crippen LogP contribution in [0.2, 0.25) is 0 Å². The van der Waals surface area contributed by atoms with Crippen LogP contribution in [0, 0.1) is 5.92 Å². The smallest absolute Gasteiger partial charge is 0.306 e. The molecule has 6 heteroatoms. The predicted molar refractivity (Wildman–Crippen MR) is 229 cm³/mol. The van der Waals surface area contributed by atoms with Gasteiger partial charge in [0, 0.05) is 19.3 Å². The lowest BCUT2D eigenvalue weighted by atomic mass is 10.0. The number of hydrogen-bond acceptors (Lipinski definition) is 6. The second kappa shape index (κ2) is 42.6. The zero-order valence-corrected chi connectivity index (χ0v) is 36.7. The third-order valence-electron chi connectivity index (χ3n) is 10.8. The lowest BCUT2D eigenvalue weighted by molar-refractivity contribution is -0.167. The first-order valence-electron chi connectivity index (χ1n) is 23.9. The fraction of sp³-hybridized carbons (Fsp3) is 0.938. The second-order valence-electron chi connectivity index (χ2n) is 16.9. The summed E-state index contributed by atoms with van der Waals surface area (Å²) in [5.41, 5.74) is 0. The molecule has 0 amide bonds. The van der Waals surface area contributed by atoms with Crippen molar-refractivity contribution in [2.45, 2.75) is 271 Å². The SMILES string of the molecule is CCCCCCCCCCCCCCCCCC(=O)OC[C@H](COC(=O)CCCCCCCCCCCCC)OC(=O)CCCCCCCCCC(C)C. The van der Waals surface area contributed by atoms with Gasteiger partial charge in [0.1, 0.15) is 13.2 Å². The summed E-state index contributed by atoms with van der Waals surface area (Å²) in [5, 5.41) is 0. The van der Waals surface area contributed by atoms with Crippen molar-refractivity contribution in [3.8, 4) is 0 Å². The molecule has 0 spiro atoms. The zero-order valence-electron chi connectivity index (χ0n) is 36.7. The summed E-state index contributed by atoms with van der Waals surface area (Å²) < 4.78 is 16.7. The molecular formula is C48H92O6. The zero-order chi connectivity index (χ0) is 39.6. The van der Waals surface area contributed by atoms with Gasteiger partial charge in [-0.05, 0) is 25.2 Å². The normalized spacial score (nSPS) is 11.9. The van der Waals surface area contributed by atoms with Gasteiger partial charge in [0.05, 0.1) is 0 Å². The van der Waals surface area contributed by atoms with E-state index in [-0.39, 0.29) is 31.1 Å². The molecule has 0 aromatic carbocycles. The molecule has 0 aliphatic rings. The molecule has 0 heterocycles. The van der Waals surface area contributed by atoms with E-state index in [1.165, 1.54) is 161 Å². The van der Waals surface area contributed by atoms with Gasteiger partial charge in [0.25, 0.3) is 0 Å². The Kier molecular flexibility index (Phi) is 41.3. The second-order valence-corrected chi connectivity index (χ2v) is 16.9. The molecule has 0 aromatic rings. The first kappa shape index (κ1) is 52.4. The van der Waals surface area contributed by atoms with Crippen LogP contribution in [0.1, 0.15) is 265 Å². The molecule has 0 aliphatic heterocycles. The summed E-state index contributed by atoms with van der Waals surface area (Å²) in [5.74, 6) is -0.0761. The first-order valence-corrected chi connectivity index (χ1v) is 23.9. The van der Waals surface area contributed by atoms with Gasteiger partial charge in [-0.15, -0.1) is 0 Å². The molecule has 1 atom stereocenters. The maximum Gasteiger partial charge on any atom is 0.306 e. The van der Waals surface area contributed by atoms with Crippen molar-refractivity contribution in [1.82, 2.24) is 0 Å². The number of carbonyl (C=O) groups is 3. The van der Waals surface area contributed by atoms with Crippen LogP contribution >= 0.6 is 0 Å². The minimum Gasteiger partial charge on any atom is -0.462 e. The molecule has 0 saturated heterocycles. The summed E-state index contributed by atoms with van der Waals surface area (Å²) in [6.07, 6.45) is 42.3. The number of hydrogen-bond donors (Lipinski definition) is 0. The van der Waals surface area contributed by atoms with Gasteiger partial charge in [-0.2, -0.15) is 0 Å². The van der Waals surface area contributed by atoms with Gasteiger partial charge in [-0.1, -0.05) is 227 Å². The molecule has 0 aliphatic carbocycles. The minimum atomic E-state index is -0.759. The van der Waals surface area contributed by atoms with Crippen LogP contribution in [0.3, 0.4) is 0 Å². The summed E-state index contributed by atoms with van der Waals surface area (Å²) in [4.78, 5) is 37.7. The average molecular weight is 765 g/mol. The van der Waals surface area contributed by atoms with Crippen LogP contribution in [0.4, 0.5) is 0 Å². The summed E-state index contributed by atoms with van der Waals surface area (Å²) in [6.45, 7) is 8.95. The molecule has 0 unspecified atom stereocenters. The van der Waals surface area contributed by atoms with E-state index in [0.29, 0.717) is 19.3 Å². The molecule has 0 aromatic heterocycles. The Bertz CT molecular complexity index is 811. The molecule has 0 fully saturated rings. The van der Waals surface area contributed by atoms with Gasteiger partial charge in [0.15, 0.2) is 6.10 Å². The van der Waals surface area contributed by atoms with Gasteiger partial charge >= 0.3 is 17.9 Å². The van der Waals surface area contributed by atoms with Gasteiger partial charge in [0.2, 0.25) is 0 Å². The fourth-order valence-corrected chi connectivity index (χ4v) is 7.16. The lowest BCUT2D eigenvalue weighted by Crippen LogP contribution is -2.30. The number of unbranched alkanes of at least 4 members (excludes halogenated alkanes) is 30. The molecule has 0 N–H and O–H groups in total. The van der Waals surface area contributed by atoms with E-state index < -0.39 is 6.10 Å². The van der Waals surface area contributed by atoms with Crippen LogP contribution in [0.25, 0.3) is 0 Å². The Morgan fingerprint density at radius 2 is 0.611 bits per heavy atom. The van der Waals surface area contributed by atoms with E-state index >= 15 is 0 Å². The van der Waals surface area contributed by atoms with Crippen molar-refractivity contribution < 1.29 is 28.6 Å². The van der Waals surface area contributed by atoms with Gasteiger partial charge < -0.3 is 14.2 Å². The summed E-state index contributed by atoms with van der Waals surface area (Å²) >= 11 is 0. The molecule has 0 rings (SSSR count). The number of rotatable bonds is 43. The third-order valence-corrected chi connectivity index (χ3v) is 10.8. The minimum absolute atomic E-state index is 0.0641. The average Bonchev–Trinajstić information content (AvgIpc) is 3.15. The first-order chi connectivity index (χ1) is 26.4. The quantitative estimate of drug-likeness (QED) is 0.0349. The van der Waals surface area contributed by atoms with E-state index in [2.05, 4.69) is 27.7 Å². The lowest BCUT2D eigenvalue weighted by Gasteiger charge is -2.18. The fourth-order valence-electron chi connectivity index (χ4n) is 7.16. The van der Waals surface area contributed by atoms with Crippen molar-refractivity contribution in [2.24, 2.45) is 5.92 Å². The van der Waals surface area contributed by atoms with Crippen LogP contribution in [-0.2, 0) is 28.6 Å². The highest BCUT2D eigenvalue weighted by Crippen LogP contribution is 2.16. The Hall–Kier alpha value is -1.59. The standard InChI is InChI=1S/C48H92O6/c1-5-7-9-11-13-15-17-18-19-20-22-24-28-32-36-40-47(50)53-43-45(54-48(51)41-37-33-29-25-26-30-34-38-44(3)4)42-52-46(49)39-35-31-27-23-21-16-14-12-10-8-6-2/h44-45H,5-43H2,1-4H3/t45-/m0/s1. The molecule has 54 heavy (non-hydrogen) atoms. The number of esters is 3. The van der Waals surface area contributed by atoms with Crippen molar-refractivity contribution in [3.05, 3.63) is 0 Å². The largest absolute Gasteiger partial charge is 0.462 e. The number of carbonyl (C=O) groups excluding carboxylic acids is 3.